The average Bonchev–Trinajstić information content (AvgIpc) is 3.67. The molecule has 5 fully saturated rings. The standard InChI is InChI=1S/C39H38F2N6O4/c1-5-27-29(40)7-6-23-10-26(48)11-28(30(23)27)33-32(41)34-31(36(42-33)49-4)35(46-16-25-8-9-39(19-46,45-25)24-17-50-18-24)44-37(43-34)51-20-38-12-21(2)14-47(38)15-22(3)13-38/h1,6-7,10-11,24-25,45,48H,2-3,8-9,12-20H2,4H3. The number of rotatable bonds is 7. The maximum absolute atomic E-state index is 17.3. The van der Waals surface area contributed by atoms with E-state index in [9.17, 15) is 5.11 Å². The molecule has 262 valence electrons. The van der Waals surface area contributed by atoms with Gasteiger partial charge in [-0.25, -0.2) is 13.8 Å². The molecule has 0 spiro atoms. The summed E-state index contributed by atoms with van der Waals surface area (Å²) in [5.74, 6) is 1.66. The summed E-state index contributed by atoms with van der Waals surface area (Å²) in [5.41, 5.74) is 1.50. The minimum absolute atomic E-state index is 0.0167. The molecule has 2 aromatic heterocycles. The van der Waals surface area contributed by atoms with E-state index in [-0.39, 0.29) is 69.1 Å². The van der Waals surface area contributed by atoms with Gasteiger partial charge in [0.25, 0.3) is 0 Å². The molecule has 2 aromatic carbocycles. The Bertz CT molecular complexity index is 2200. The monoisotopic (exact) mass is 692 g/mol. The number of hydrogen-bond acceptors (Lipinski definition) is 10. The lowest BCUT2D eigenvalue weighted by Crippen LogP contribution is -2.66. The summed E-state index contributed by atoms with van der Waals surface area (Å²) in [6.07, 6.45) is 9.26. The number of phenols is 1. The number of piperazine rings is 1. The van der Waals surface area contributed by atoms with Crippen molar-refractivity contribution in [2.75, 3.05) is 58.0 Å². The van der Waals surface area contributed by atoms with Crippen molar-refractivity contribution in [1.82, 2.24) is 25.2 Å². The van der Waals surface area contributed by atoms with E-state index in [4.69, 9.17) is 30.6 Å². The first-order chi connectivity index (χ1) is 24.6. The van der Waals surface area contributed by atoms with Gasteiger partial charge in [0.15, 0.2) is 5.82 Å². The van der Waals surface area contributed by atoms with Gasteiger partial charge in [0.1, 0.15) is 40.6 Å². The molecular weight excluding hydrogens is 654 g/mol. The van der Waals surface area contributed by atoms with Gasteiger partial charge in [0.05, 0.1) is 31.4 Å². The van der Waals surface area contributed by atoms with Crippen molar-refractivity contribution in [1.29, 1.82) is 0 Å². The number of aromatic hydroxyl groups is 1. The minimum Gasteiger partial charge on any atom is -0.508 e. The molecule has 5 aliphatic rings. The molecule has 51 heavy (non-hydrogen) atoms. The summed E-state index contributed by atoms with van der Waals surface area (Å²) in [4.78, 5) is 18.9. The second kappa shape index (κ2) is 11.6. The topological polar surface area (TPSA) is 105 Å². The fourth-order valence-corrected chi connectivity index (χ4v) is 9.21. The maximum Gasteiger partial charge on any atom is 0.319 e. The van der Waals surface area contributed by atoms with Gasteiger partial charge >= 0.3 is 6.01 Å². The number of terminal acetylenes is 1. The van der Waals surface area contributed by atoms with Crippen molar-refractivity contribution >= 4 is 27.5 Å². The Balaban J connectivity index is 1.23. The average molecular weight is 693 g/mol. The minimum atomic E-state index is -0.804. The van der Waals surface area contributed by atoms with E-state index < -0.39 is 11.6 Å². The van der Waals surface area contributed by atoms with Crippen molar-refractivity contribution in [2.45, 2.75) is 42.8 Å². The first-order valence-corrected chi connectivity index (χ1v) is 17.3. The molecule has 5 aliphatic heterocycles. The second-order valence-corrected chi connectivity index (χ2v) is 14.9. The van der Waals surface area contributed by atoms with E-state index in [0.29, 0.717) is 48.8 Å². The molecule has 12 heteroatoms. The second-order valence-electron chi connectivity index (χ2n) is 14.9. The molecule has 0 aliphatic carbocycles. The smallest absolute Gasteiger partial charge is 0.319 e. The van der Waals surface area contributed by atoms with Gasteiger partial charge in [-0.1, -0.05) is 36.3 Å². The van der Waals surface area contributed by atoms with E-state index >= 15 is 8.78 Å². The van der Waals surface area contributed by atoms with Gasteiger partial charge in [0.2, 0.25) is 5.88 Å². The number of nitrogens with zero attached hydrogens (tertiary/aromatic N) is 5. The lowest BCUT2D eigenvalue weighted by molar-refractivity contribution is -0.0759. The third kappa shape index (κ3) is 4.97. The predicted octanol–water partition coefficient (Wildman–Crippen LogP) is 5.12. The Kier molecular flexibility index (Phi) is 7.30. The number of pyridine rings is 1. The fourth-order valence-electron chi connectivity index (χ4n) is 9.21. The first kappa shape index (κ1) is 32.1. The molecule has 0 amide bonds. The largest absolute Gasteiger partial charge is 0.508 e. The molecule has 0 radical (unpaired) electrons. The van der Waals surface area contributed by atoms with E-state index in [0.717, 1.165) is 49.9 Å². The zero-order valence-corrected chi connectivity index (χ0v) is 28.4. The molecule has 5 saturated heterocycles. The molecule has 7 heterocycles. The number of anilines is 1. The lowest BCUT2D eigenvalue weighted by atomic mass is 9.80. The van der Waals surface area contributed by atoms with Crippen LogP contribution in [0.2, 0.25) is 0 Å². The predicted molar refractivity (Wildman–Crippen MR) is 189 cm³/mol. The van der Waals surface area contributed by atoms with Crippen molar-refractivity contribution in [2.24, 2.45) is 5.92 Å². The molecule has 9 rings (SSSR count). The quantitative estimate of drug-likeness (QED) is 0.201. The van der Waals surface area contributed by atoms with Gasteiger partial charge in [-0.05, 0) is 49.3 Å². The molecule has 2 N–H and O–H groups in total. The highest BCUT2D eigenvalue weighted by atomic mass is 19.1. The highest BCUT2D eigenvalue weighted by molar-refractivity contribution is 6.04. The Morgan fingerprint density at radius 2 is 1.90 bits per heavy atom. The van der Waals surface area contributed by atoms with E-state index in [1.165, 1.54) is 31.4 Å². The number of aromatic nitrogens is 3. The van der Waals surface area contributed by atoms with Gasteiger partial charge < -0.3 is 29.5 Å². The maximum atomic E-state index is 17.3. The van der Waals surface area contributed by atoms with Crippen molar-refractivity contribution < 1.29 is 28.1 Å². The SMILES string of the molecule is C#Cc1c(F)ccc2cc(O)cc(-c3nc(OC)c4c(N5CC6CCC(C7COC7)(C5)N6)nc(OCC56CC(=C)CN5CC(=C)C6)nc4c3F)c12. The number of halogens is 2. The Hall–Kier alpha value is -4.83. The van der Waals surface area contributed by atoms with Crippen LogP contribution in [-0.2, 0) is 4.74 Å². The number of fused-ring (bicyclic) bond motifs is 5. The van der Waals surface area contributed by atoms with Crippen molar-refractivity contribution in [3.63, 3.8) is 0 Å². The Morgan fingerprint density at radius 3 is 2.61 bits per heavy atom. The number of hydrogen-bond donors (Lipinski definition) is 2. The number of ether oxygens (including phenoxy) is 3. The van der Waals surface area contributed by atoms with Crippen LogP contribution in [0.4, 0.5) is 14.6 Å². The highest BCUT2D eigenvalue weighted by Crippen LogP contribution is 2.46. The van der Waals surface area contributed by atoms with E-state index in [1.807, 2.05) is 0 Å². The summed E-state index contributed by atoms with van der Waals surface area (Å²) in [6, 6.07) is 5.69. The van der Waals surface area contributed by atoms with E-state index in [1.54, 1.807) is 0 Å². The van der Waals surface area contributed by atoms with Crippen LogP contribution in [0, 0.1) is 29.9 Å². The zero-order chi connectivity index (χ0) is 35.2. The Labute approximate surface area is 294 Å². The molecule has 0 saturated carbocycles. The van der Waals surface area contributed by atoms with Crippen LogP contribution >= 0.6 is 0 Å². The first-order valence-electron chi connectivity index (χ1n) is 17.3. The summed E-state index contributed by atoms with van der Waals surface area (Å²) in [7, 11) is 1.45. The van der Waals surface area contributed by atoms with Gasteiger partial charge in [0, 0.05) is 54.6 Å². The third-order valence-corrected chi connectivity index (χ3v) is 11.5. The molecular formula is C39H38F2N6O4. The normalized spacial score (nSPS) is 24.3. The van der Waals surface area contributed by atoms with E-state index in [2.05, 4.69) is 39.2 Å². The number of methoxy groups -OCH3 is 1. The van der Waals surface area contributed by atoms with Crippen LogP contribution in [-0.4, -0.2) is 95.2 Å². The molecule has 10 nitrogen and oxygen atoms in total. The summed E-state index contributed by atoms with van der Waals surface area (Å²) in [5, 5.41) is 15.5. The van der Waals surface area contributed by atoms with Crippen LogP contribution in [0.1, 0.15) is 31.2 Å². The van der Waals surface area contributed by atoms with Crippen LogP contribution in [0.5, 0.6) is 17.6 Å². The fraction of sp³-hybridized carbons (Fsp3) is 0.410. The van der Waals surface area contributed by atoms with Crippen LogP contribution < -0.4 is 19.7 Å². The van der Waals surface area contributed by atoms with Gasteiger partial charge in [-0.15, -0.1) is 6.42 Å². The van der Waals surface area contributed by atoms with Crippen molar-refractivity contribution in [3.8, 4) is 41.2 Å². The zero-order valence-electron chi connectivity index (χ0n) is 28.4. The van der Waals surface area contributed by atoms with Gasteiger partial charge in [-0.2, -0.15) is 9.97 Å². The van der Waals surface area contributed by atoms with Crippen LogP contribution in [0.25, 0.3) is 32.9 Å². The lowest BCUT2D eigenvalue weighted by Gasteiger charge is -2.49. The number of phenolic OH excluding ortho intramolecular Hbond substituents is 1. The molecule has 4 aromatic rings. The number of nitrogens with one attached hydrogen (secondary N) is 1. The third-order valence-electron chi connectivity index (χ3n) is 11.5. The summed E-state index contributed by atoms with van der Waals surface area (Å²) in [6.45, 7) is 12.9. The summed E-state index contributed by atoms with van der Waals surface area (Å²) < 4.78 is 50.3. The highest BCUT2D eigenvalue weighted by Gasteiger charge is 2.52. The number of benzene rings is 2. The molecule has 2 bridgehead atoms. The summed E-state index contributed by atoms with van der Waals surface area (Å²) >= 11 is 0. The van der Waals surface area contributed by atoms with Gasteiger partial charge in [-0.3, -0.25) is 4.90 Å². The molecule has 2 unspecified atom stereocenters. The molecule has 2 atom stereocenters. The van der Waals surface area contributed by atoms with Crippen LogP contribution in [0.15, 0.2) is 48.6 Å². The Morgan fingerprint density at radius 1 is 1.12 bits per heavy atom. The van der Waals surface area contributed by atoms with Crippen molar-refractivity contribution in [3.05, 3.63) is 65.8 Å². The van der Waals surface area contributed by atoms with Crippen LogP contribution in [0.3, 0.4) is 0 Å².